The molecule has 1 atom stereocenters. The zero-order valence-corrected chi connectivity index (χ0v) is 12.2. The van der Waals surface area contributed by atoms with Gasteiger partial charge in [0, 0.05) is 11.7 Å². The molecule has 0 aliphatic carbocycles. The monoisotopic (exact) mass is 288 g/mol. The topological polar surface area (TPSA) is 94.7 Å². The Balaban J connectivity index is 1.83. The van der Waals surface area contributed by atoms with Gasteiger partial charge in [-0.3, -0.25) is 5.10 Å². The highest BCUT2D eigenvalue weighted by Gasteiger charge is 2.05. The number of rotatable bonds is 6. The molecule has 0 saturated carbocycles. The molecule has 0 aliphatic rings. The summed E-state index contributed by atoms with van der Waals surface area (Å²) in [6.45, 7) is 5.41. The number of H-pyrrole nitrogens is 1. The molecule has 112 valence electrons. The Morgan fingerprint density at radius 2 is 2.10 bits per heavy atom. The minimum absolute atomic E-state index is 0.279. The summed E-state index contributed by atoms with van der Waals surface area (Å²) in [5, 5.41) is 15.2. The third kappa shape index (κ3) is 4.57. The average molecular weight is 288 g/mol. The number of nitrogens with zero attached hydrogens (tertiary/aromatic N) is 2. The van der Waals surface area contributed by atoms with E-state index in [1.165, 1.54) is 11.9 Å². The molecule has 2 rings (SSSR count). The SMILES string of the molecule is CCNC(C)c1ccc(NC(=O)NCc2ncn[nH]2)cc1. The summed E-state index contributed by atoms with van der Waals surface area (Å²) in [4.78, 5) is 15.7. The Morgan fingerprint density at radius 3 is 2.71 bits per heavy atom. The molecule has 0 radical (unpaired) electrons. The van der Waals surface area contributed by atoms with Gasteiger partial charge in [0.25, 0.3) is 0 Å². The van der Waals surface area contributed by atoms with Crippen molar-refractivity contribution in [3.63, 3.8) is 0 Å². The van der Waals surface area contributed by atoms with Crippen LogP contribution in [0.15, 0.2) is 30.6 Å². The number of amides is 2. The van der Waals surface area contributed by atoms with Crippen LogP contribution in [0.5, 0.6) is 0 Å². The van der Waals surface area contributed by atoms with E-state index in [1.807, 2.05) is 24.3 Å². The number of hydrogen-bond donors (Lipinski definition) is 4. The first-order valence-electron chi connectivity index (χ1n) is 6.91. The van der Waals surface area contributed by atoms with Gasteiger partial charge in [0.15, 0.2) is 0 Å². The molecule has 0 aliphatic heterocycles. The van der Waals surface area contributed by atoms with Gasteiger partial charge in [-0.15, -0.1) is 0 Å². The van der Waals surface area contributed by atoms with Crippen LogP contribution in [0.3, 0.4) is 0 Å². The van der Waals surface area contributed by atoms with Crippen LogP contribution in [0.2, 0.25) is 0 Å². The van der Waals surface area contributed by atoms with E-state index in [-0.39, 0.29) is 6.03 Å². The molecule has 0 fully saturated rings. The second-order valence-electron chi connectivity index (χ2n) is 4.64. The number of carbonyl (C=O) groups is 1. The van der Waals surface area contributed by atoms with Crippen LogP contribution in [-0.4, -0.2) is 27.8 Å². The van der Waals surface area contributed by atoms with Crippen molar-refractivity contribution in [2.24, 2.45) is 0 Å². The van der Waals surface area contributed by atoms with Crippen LogP contribution in [0.1, 0.15) is 31.3 Å². The Hall–Kier alpha value is -2.41. The summed E-state index contributed by atoms with van der Waals surface area (Å²) in [7, 11) is 0. The van der Waals surface area contributed by atoms with Gasteiger partial charge in [0.2, 0.25) is 0 Å². The molecule has 1 heterocycles. The third-order valence-corrected chi connectivity index (χ3v) is 3.06. The van der Waals surface area contributed by atoms with E-state index >= 15 is 0 Å². The normalized spacial score (nSPS) is 11.9. The van der Waals surface area contributed by atoms with Crippen LogP contribution in [0.4, 0.5) is 10.5 Å². The second-order valence-corrected chi connectivity index (χ2v) is 4.64. The van der Waals surface area contributed by atoms with E-state index in [0.29, 0.717) is 18.4 Å². The summed E-state index contributed by atoms with van der Waals surface area (Å²) in [5.41, 5.74) is 1.93. The summed E-state index contributed by atoms with van der Waals surface area (Å²) in [6.07, 6.45) is 1.40. The first kappa shape index (κ1) is 15.0. The van der Waals surface area contributed by atoms with Crippen molar-refractivity contribution in [2.45, 2.75) is 26.4 Å². The molecule has 2 aromatic rings. The number of aromatic amines is 1. The molecule has 1 unspecified atom stereocenters. The number of benzene rings is 1. The summed E-state index contributed by atoms with van der Waals surface area (Å²) < 4.78 is 0. The van der Waals surface area contributed by atoms with Crippen LogP contribution in [0.25, 0.3) is 0 Å². The van der Waals surface area contributed by atoms with Crippen LogP contribution < -0.4 is 16.0 Å². The number of hydrogen-bond acceptors (Lipinski definition) is 4. The lowest BCUT2D eigenvalue weighted by atomic mass is 10.1. The van der Waals surface area contributed by atoms with Crippen molar-refractivity contribution in [3.8, 4) is 0 Å². The van der Waals surface area contributed by atoms with Gasteiger partial charge in [0.05, 0.1) is 6.54 Å². The predicted octanol–water partition coefficient (Wildman–Crippen LogP) is 1.80. The minimum atomic E-state index is -0.279. The largest absolute Gasteiger partial charge is 0.331 e. The Bertz CT molecular complexity index is 551. The zero-order valence-electron chi connectivity index (χ0n) is 12.2. The van der Waals surface area contributed by atoms with Crippen LogP contribution in [0, 0.1) is 0 Å². The number of nitrogens with one attached hydrogen (secondary N) is 4. The first-order valence-corrected chi connectivity index (χ1v) is 6.91. The van der Waals surface area contributed by atoms with E-state index in [2.05, 4.69) is 45.0 Å². The maximum atomic E-state index is 11.7. The quantitative estimate of drug-likeness (QED) is 0.652. The number of carbonyl (C=O) groups excluding carboxylic acids is 1. The Labute approximate surface area is 123 Å². The number of anilines is 1. The van der Waals surface area contributed by atoms with Crippen molar-refractivity contribution in [1.82, 2.24) is 25.8 Å². The van der Waals surface area contributed by atoms with Gasteiger partial charge in [-0.1, -0.05) is 19.1 Å². The molecule has 21 heavy (non-hydrogen) atoms. The molecular formula is C14H20N6O. The van der Waals surface area contributed by atoms with E-state index < -0.39 is 0 Å². The zero-order chi connectivity index (χ0) is 15.1. The molecule has 7 heteroatoms. The fraction of sp³-hybridized carbons (Fsp3) is 0.357. The van der Waals surface area contributed by atoms with Crippen molar-refractivity contribution in [2.75, 3.05) is 11.9 Å². The molecule has 0 saturated heterocycles. The summed E-state index contributed by atoms with van der Waals surface area (Å²) in [6, 6.07) is 7.79. The molecular weight excluding hydrogens is 268 g/mol. The average Bonchev–Trinajstić information content (AvgIpc) is 2.99. The summed E-state index contributed by atoms with van der Waals surface area (Å²) >= 11 is 0. The van der Waals surface area contributed by atoms with E-state index in [9.17, 15) is 4.79 Å². The predicted molar refractivity (Wildman–Crippen MR) is 80.8 cm³/mol. The van der Waals surface area contributed by atoms with Crippen molar-refractivity contribution < 1.29 is 4.79 Å². The van der Waals surface area contributed by atoms with E-state index in [4.69, 9.17) is 0 Å². The van der Waals surface area contributed by atoms with Gasteiger partial charge in [-0.05, 0) is 31.2 Å². The van der Waals surface area contributed by atoms with Crippen molar-refractivity contribution in [1.29, 1.82) is 0 Å². The highest BCUT2D eigenvalue weighted by atomic mass is 16.2. The molecule has 7 nitrogen and oxygen atoms in total. The van der Waals surface area contributed by atoms with Crippen LogP contribution >= 0.6 is 0 Å². The van der Waals surface area contributed by atoms with Crippen molar-refractivity contribution in [3.05, 3.63) is 42.0 Å². The molecule has 2 amide bonds. The van der Waals surface area contributed by atoms with E-state index in [1.54, 1.807) is 0 Å². The first-order chi connectivity index (χ1) is 10.2. The molecule has 4 N–H and O–H groups in total. The maximum absolute atomic E-state index is 11.7. The standard InChI is InChI=1S/C14H20N6O/c1-3-15-10(2)11-4-6-12(7-5-11)19-14(21)16-8-13-17-9-18-20-13/h4-7,9-10,15H,3,8H2,1-2H3,(H2,16,19,21)(H,17,18,20). The Morgan fingerprint density at radius 1 is 1.33 bits per heavy atom. The Kier molecular flexibility index (Phi) is 5.28. The molecule has 1 aromatic heterocycles. The second kappa shape index (κ2) is 7.39. The third-order valence-electron chi connectivity index (χ3n) is 3.06. The highest BCUT2D eigenvalue weighted by molar-refractivity contribution is 5.89. The fourth-order valence-electron chi connectivity index (χ4n) is 1.93. The molecule has 0 spiro atoms. The van der Waals surface area contributed by atoms with Gasteiger partial charge in [0.1, 0.15) is 12.2 Å². The van der Waals surface area contributed by atoms with Gasteiger partial charge in [-0.2, -0.15) is 5.10 Å². The fourth-order valence-corrected chi connectivity index (χ4v) is 1.93. The molecule has 1 aromatic carbocycles. The van der Waals surface area contributed by atoms with Crippen molar-refractivity contribution >= 4 is 11.7 Å². The number of aromatic nitrogens is 3. The number of urea groups is 1. The highest BCUT2D eigenvalue weighted by Crippen LogP contribution is 2.15. The minimum Gasteiger partial charge on any atom is -0.331 e. The lowest BCUT2D eigenvalue weighted by Gasteiger charge is -2.13. The summed E-state index contributed by atoms with van der Waals surface area (Å²) in [5.74, 6) is 0.611. The van der Waals surface area contributed by atoms with E-state index in [0.717, 1.165) is 12.2 Å². The maximum Gasteiger partial charge on any atom is 0.319 e. The van der Waals surface area contributed by atoms with Gasteiger partial charge in [-0.25, -0.2) is 9.78 Å². The van der Waals surface area contributed by atoms with Gasteiger partial charge >= 0.3 is 6.03 Å². The lowest BCUT2D eigenvalue weighted by molar-refractivity contribution is 0.251. The van der Waals surface area contributed by atoms with Crippen LogP contribution in [-0.2, 0) is 6.54 Å². The van der Waals surface area contributed by atoms with Gasteiger partial charge < -0.3 is 16.0 Å². The lowest BCUT2D eigenvalue weighted by Crippen LogP contribution is -2.28. The smallest absolute Gasteiger partial charge is 0.319 e. The molecule has 0 bridgehead atoms.